The standard InChI is InChI=1S/3C3H7O2.Sm/c3*1-3(4)5-2;/h3*3H,1-2H3;/q3*-1;+3. The minimum atomic E-state index is -0.866. The van der Waals surface area contributed by atoms with E-state index >= 15 is 0 Å². The molecule has 0 amide bonds. The first-order chi connectivity index (χ1) is 6.81. The molecule has 0 saturated heterocycles. The first kappa shape index (κ1) is 25.8. The topological polar surface area (TPSA) is 96.9 Å². The van der Waals surface area contributed by atoms with E-state index < -0.39 is 18.9 Å². The monoisotopic (exact) mass is 377 g/mol. The summed E-state index contributed by atoms with van der Waals surface area (Å²) in [6, 6.07) is 0. The Hall–Kier alpha value is 1.10. The van der Waals surface area contributed by atoms with Gasteiger partial charge >= 0.3 is 40.4 Å². The van der Waals surface area contributed by atoms with Gasteiger partial charge in [0, 0.05) is 21.3 Å². The van der Waals surface area contributed by atoms with Crippen molar-refractivity contribution in [2.24, 2.45) is 0 Å². The first-order valence-electron chi connectivity index (χ1n) is 4.37. The fourth-order valence-corrected chi connectivity index (χ4v) is 0. The summed E-state index contributed by atoms with van der Waals surface area (Å²) in [5.74, 6) is 0. The molecule has 0 N–H and O–H groups in total. The van der Waals surface area contributed by atoms with E-state index in [1.807, 2.05) is 0 Å². The predicted molar refractivity (Wildman–Crippen MR) is 49.4 cm³/mol. The molecule has 7 heteroatoms. The molecule has 0 heterocycles. The van der Waals surface area contributed by atoms with Crippen LogP contribution in [0.5, 0.6) is 0 Å². The molecule has 1 radical (unpaired) electrons. The minimum Gasteiger partial charge on any atom is -0.831 e. The molecule has 99 valence electrons. The molecule has 6 nitrogen and oxygen atoms in total. The number of hydrogen-bond donors (Lipinski definition) is 0. The van der Waals surface area contributed by atoms with Crippen LogP contribution in [-0.2, 0) is 14.2 Å². The summed E-state index contributed by atoms with van der Waals surface area (Å²) in [7, 11) is 4.16. The molecule has 0 aliphatic carbocycles. The zero-order chi connectivity index (χ0) is 12.9. The summed E-state index contributed by atoms with van der Waals surface area (Å²) < 4.78 is 12.6. The Kier molecular flexibility index (Phi) is 34.5. The van der Waals surface area contributed by atoms with Crippen LogP contribution in [0, 0.1) is 40.4 Å². The van der Waals surface area contributed by atoms with Crippen molar-refractivity contribution in [2.45, 2.75) is 39.6 Å². The molecule has 0 aliphatic heterocycles. The smallest absolute Gasteiger partial charge is 0.831 e. The van der Waals surface area contributed by atoms with Gasteiger partial charge in [-0.25, -0.2) is 0 Å². The van der Waals surface area contributed by atoms with Gasteiger partial charge in [0.15, 0.2) is 0 Å². The second-order valence-corrected chi connectivity index (χ2v) is 2.41. The molecule has 0 spiro atoms. The quantitative estimate of drug-likeness (QED) is 0.530. The van der Waals surface area contributed by atoms with Crippen molar-refractivity contribution in [1.29, 1.82) is 0 Å². The minimum absolute atomic E-state index is 0. The van der Waals surface area contributed by atoms with Gasteiger partial charge in [0.25, 0.3) is 0 Å². The van der Waals surface area contributed by atoms with E-state index in [4.69, 9.17) is 0 Å². The fraction of sp³-hybridized carbons (Fsp3) is 1.00. The Morgan fingerprint density at radius 3 is 0.688 bits per heavy atom. The number of hydrogen-bond acceptors (Lipinski definition) is 6. The number of rotatable bonds is 3. The zero-order valence-corrected chi connectivity index (χ0v) is 13.2. The SMILES string of the molecule is COC(C)[O-].COC(C)[O-].COC(C)[O-].[Sm+3]. The van der Waals surface area contributed by atoms with Crippen molar-refractivity contribution >= 4 is 0 Å². The van der Waals surface area contributed by atoms with Crippen LogP contribution >= 0.6 is 0 Å². The van der Waals surface area contributed by atoms with Gasteiger partial charge in [0.05, 0.1) is 0 Å². The van der Waals surface area contributed by atoms with E-state index in [9.17, 15) is 15.3 Å². The average Bonchev–Trinajstić information content (AvgIpc) is 2.19. The first-order valence-corrected chi connectivity index (χ1v) is 4.37. The molecule has 16 heavy (non-hydrogen) atoms. The summed E-state index contributed by atoms with van der Waals surface area (Å²) in [4.78, 5) is 0. The van der Waals surface area contributed by atoms with Crippen molar-refractivity contribution in [3.8, 4) is 0 Å². The van der Waals surface area contributed by atoms with E-state index in [1.54, 1.807) is 0 Å². The van der Waals surface area contributed by atoms with Gasteiger partial charge < -0.3 is 29.5 Å². The summed E-state index contributed by atoms with van der Waals surface area (Å²) in [6.07, 6.45) is -2.60. The van der Waals surface area contributed by atoms with E-state index in [-0.39, 0.29) is 40.4 Å². The van der Waals surface area contributed by atoms with Crippen LogP contribution in [0.2, 0.25) is 0 Å². The molecular weight excluding hydrogens is 354 g/mol. The summed E-state index contributed by atoms with van der Waals surface area (Å²) >= 11 is 0. The number of methoxy groups -OCH3 is 3. The Morgan fingerprint density at radius 1 is 0.625 bits per heavy atom. The Balaban J connectivity index is -0.0000000655. The molecule has 0 fully saturated rings. The van der Waals surface area contributed by atoms with E-state index in [1.165, 1.54) is 42.1 Å². The van der Waals surface area contributed by atoms with Gasteiger partial charge in [-0.2, -0.15) is 0 Å². The third kappa shape index (κ3) is 59.6. The second-order valence-electron chi connectivity index (χ2n) is 2.41. The van der Waals surface area contributed by atoms with Crippen molar-refractivity contribution in [2.75, 3.05) is 21.3 Å². The van der Waals surface area contributed by atoms with E-state index in [2.05, 4.69) is 14.2 Å². The molecule has 3 unspecified atom stereocenters. The van der Waals surface area contributed by atoms with Crippen LogP contribution in [0.1, 0.15) is 20.8 Å². The fourth-order valence-electron chi connectivity index (χ4n) is 0. The predicted octanol–water partition coefficient (Wildman–Crippen LogP) is -1.98. The van der Waals surface area contributed by atoms with Crippen molar-refractivity contribution in [3.63, 3.8) is 0 Å². The van der Waals surface area contributed by atoms with Crippen molar-refractivity contribution < 1.29 is 69.9 Å². The Labute approximate surface area is 130 Å². The van der Waals surface area contributed by atoms with Gasteiger partial charge in [0.2, 0.25) is 0 Å². The molecule has 0 rings (SSSR count). The molecule has 0 aliphatic rings. The maximum absolute atomic E-state index is 9.67. The van der Waals surface area contributed by atoms with E-state index in [0.29, 0.717) is 0 Å². The summed E-state index contributed by atoms with van der Waals surface area (Å²) in [5.41, 5.74) is 0. The maximum atomic E-state index is 9.67. The zero-order valence-electron chi connectivity index (χ0n) is 10.6. The van der Waals surface area contributed by atoms with Crippen molar-refractivity contribution in [1.82, 2.24) is 0 Å². The Morgan fingerprint density at radius 2 is 0.688 bits per heavy atom. The molecule has 0 aromatic heterocycles. The second kappa shape index (κ2) is 21.4. The van der Waals surface area contributed by atoms with Crippen LogP contribution in [0.25, 0.3) is 0 Å². The normalized spacial score (nSPS) is 14.1. The molecule has 0 saturated carbocycles. The van der Waals surface area contributed by atoms with Crippen LogP contribution in [-0.4, -0.2) is 40.2 Å². The molecule has 0 bridgehead atoms. The third-order valence-electron chi connectivity index (χ3n) is 0.996. The summed E-state index contributed by atoms with van der Waals surface area (Å²) in [6.45, 7) is 4.33. The number of ether oxygens (including phenoxy) is 3. The molecule has 0 aromatic rings. The molecule has 0 aromatic carbocycles. The third-order valence-corrected chi connectivity index (χ3v) is 0.996. The van der Waals surface area contributed by atoms with Crippen molar-refractivity contribution in [3.05, 3.63) is 0 Å². The molecular formula is C9H21O6Sm. The van der Waals surface area contributed by atoms with Gasteiger partial charge in [0.1, 0.15) is 0 Å². The van der Waals surface area contributed by atoms with Gasteiger partial charge in [-0.15, -0.1) is 0 Å². The van der Waals surface area contributed by atoms with Crippen LogP contribution in [0.4, 0.5) is 0 Å². The van der Waals surface area contributed by atoms with Gasteiger partial charge in [-0.05, 0) is 18.9 Å². The maximum Gasteiger partial charge on any atom is 3.00 e. The van der Waals surface area contributed by atoms with Crippen LogP contribution in [0.3, 0.4) is 0 Å². The summed E-state index contributed by atoms with van der Waals surface area (Å²) in [5, 5.41) is 29.0. The van der Waals surface area contributed by atoms with Gasteiger partial charge in [-0.1, -0.05) is 20.8 Å². The molecule has 3 atom stereocenters. The average molecular weight is 376 g/mol. The van der Waals surface area contributed by atoms with Gasteiger partial charge in [-0.3, -0.25) is 0 Å². The van der Waals surface area contributed by atoms with E-state index in [0.717, 1.165) is 0 Å². The largest absolute Gasteiger partial charge is 3.00 e. The van der Waals surface area contributed by atoms with Crippen LogP contribution in [0.15, 0.2) is 0 Å². The van der Waals surface area contributed by atoms with Crippen LogP contribution < -0.4 is 15.3 Å². The Bertz CT molecular complexity index is 81.0.